The number of aryl methyl sites for hydroxylation is 1. The van der Waals surface area contributed by atoms with Gasteiger partial charge in [0, 0.05) is 10.4 Å². The van der Waals surface area contributed by atoms with Gasteiger partial charge in [-0.05, 0) is 54.6 Å². The fourth-order valence-electron chi connectivity index (χ4n) is 4.08. The van der Waals surface area contributed by atoms with Crippen LogP contribution in [0.3, 0.4) is 0 Å². The molecule has 6 nitrogen and oxygen atoms in total. The number of nitrogens with zero attached hydrogens (tertiary/aromatic N) is 2. The maximum atomic E-state index is 13.7. The number of aromatic hydroxyl groups is 1. The summed E-state index contributed by atoms with van der Waals surface area (Å²) >= 11 is 2.76. The Morgan fingerprint density at radius 1 is 1.17 bits per heavy atom. The summed E-state index contributed by atoms with van der Waals surface area (Å²) in [5.74, 6) is -0.287. The molecule has 0 bridgehead atoms. The summed E-state index contributed by atoms with van der Waals surface area (Å²) in [5, 5.41) is 11.8. The Morgan fingerprint density at radius 3 is 2.66 bits per heavy atom. The van der Waals surface area contributed by atoms with Crippen LogP contribution in [0.4, 0.5) is 0 Å². The highest BCUT2D eigenvalue weighted by Gasteiger charge is 2.35. The fourth-order valence-corrected chi connectivity index (χ4v) is 5.90. The van der Waals surface area contributed by atoms with Crippen molar-refractivity contribution in [2.45, 2.75) is 19.9 Å². The number of hydrogen-bond donors (Lipinski definition) is 1. The van der Waals surface area contributed by atoms with Crippen LogP contribution in [0.1, 0.15) is 34.5 Å². The highest BCUT2D eigenvalue weighted by atomic mass is 32.1. The number of phenolic OH excluding ortho intramolecular Hbond substituents is 1. The monoisotopic (exact) mass is 502 g/mol. The fraction of sp³-hybridized carbons (Fsp3) is 0.148. The summed E-state index contributed by atoms with van der Waals surface area (Å²) < 4.78 is 7.53. The van der Waals surface area contributed by atoms with Crippen molar-refractivity contribution in [2.24, 2.45) is 4.99 Å². The Kier molecular flexibility index (Phi) is 6.23. The Balaban J connectivity index is 1.80. The standard InChI is InChI=1S/C27H22N2O4S2/c1-3-33-26(32)22-23(18-8-5-4-6-9-18)28-27-29(24(22)20-10-7-13-34-20)25(31)21(35-27)15-17-11-12-19(30)16(2)14-17/h4-15,24,30H,3H2,1-2H3. The van der Waals surface area contributed by atoms with Crippen LogP contribution >= 0.6 is 22.7 Å². The minimum absolute atomic E-state index is 0.202. The molecule has 4 aromatic rings. The highest BCUT2D eigenvalue weighted by Crippen LogP contribution is 2.36. The van der Waals surface area contributed by atoms with E-state index in [1.807, 2.05) is 60.8 Å². The molecule has 0 spiro atoms. The smallest absolute Gasteiger partial charge is 0.338 e. The summed E-state index contributed by atoms with van der Waals surface area (Å²) in [7, 11) is 0. The lowest BCUT2D eigenvalue weighted by Gasteiger charge is -2.24. The third-order valence-corrected chi connectivity index (χ3v) is 7.61. The van der Waals surface area contributed by atoms with Crippen LogP contribution in [0.5, 0.6) is 5.75 Å². The molecule has 3 heterocycles. The molecule has 0 aliphatic carbocycles. The first-order chi connectivity index (χ1) is 17.0. The Morgan fingerprint density at radius 2 is 1.97 bits per heavy atom. The maximum Gasteiger partial charge on any atom is 0.338 e. The molecule has 1 aliphatic rings. The van der Waals surface area contributed by atoms with Gasteiger partial charge in [-0.25, -0.2) is 9.79 Å². The predicted octanol–water partition coefficient (Wildman–Crippen LogP) is 4.01. The van der Waals surface area contributed by atoms with Crippen LogP contribution in [0.25, 0.3) is 11.8 Å². The molecular formula is C27H22N2O4S2. The van der Waals surface area contributed by atoms with E-state index in [4.69, 9.17) is 9.73 Å². The van der Waals surface area contributed by atoms with Crippen molar-refractivity contribution in [3.63, 3.8) is 0 Å². The summed E-state index contributed by atoms with van der Waals surface area (Å²) in [6.45, 7) is 3.78. The summed E-state index contributed by atoms with van der Waals surface area (Å²) in [6, 6.07) is 17.9. The molecular weight excluding hydrogens is 480 g/mol. The molecule has 1 unspecified atom stereocenters. The normalized spacial score (nSPS) is 15.6. The van der Waals surface area contributed by atoms with Gasteiger partial charge in [0.25, 0.3) is 5.56 Å². The van der Waals surface area contributed by atoms with Gasteiger partial charge in [0.2, 0.25) is 0 Å². The van der Waals surface area contributed by atoms with E-state index in [1.165, 1.54) is 22.7 Å². The lowest BCUT2D eigenvalue weighted by atomic mass is 9.97. The number of aromatic nitrogens is 1. The largest absolute Gasteiger partial charge is 0.508 e. The van der Waals surface area contributed by atoms with Gasteiger partial charge in [0.05, 0.1) is 22.4 Å². The van der Waals surface area contributed by atoms with Gasteiger partial charge < -0.3 is 9.84 Å². The average Bonchev–Trinajstić information content (AvgIpc) is 3.50. The molecule has 1 atom stereocenters. The van der Waals surface area contributed by atoms with Gasteiger partial charge in [-0.3, -0.25) is 9.36 Å². The van der Waals surface area contributed by atoms with Crippen LogP contribution in [-0.4, -0.2) is 22.2 Å². The second kappa shape index (κ2) is 9.48. The van der Waals surface area contributed by atoms with E-state index in [0.29, 0.717) is 20.6 Å². The number of carbonyl (C=O) groups excluding carboxylic acids is 1. The molecule has 1 N–H and O–H groups in total. The zero-order chi connectivity index (χ0) is 24.5. The average molecular weight is 503 g/mol. The van der Waals surface area contributed by atoms with Gasteiger partial charge in [-0.2, -0.15) is 0 Å². The minimum Gasteiger partial charge on any atom is -0.508 e. The third-order valence-electron chi connectivity index (χ3n) is 5.70. The van der Waals surface area contributed by atoms with E-state index in [2.05, 4.69) is 0 Å². The number of hydrogen-bond acceptors (Lipinski definition) is 7. The second-order valence-corrected chi connectivity index (χ2v) is 9.98. The second-order valence-electron chi connectivity index (χ2n) is 7.99. The van der Waals surface area contributed by atoms with E-state index in [9.17, 15) is 14.7 Å². The first-order valence-electron chi connectivity index (χ1n) is 11.1. The SMILES string of the molecule is CCOC(=O)C1=C(c2ccccc2)N=c2sc(=Cc3ccc(O)c(C)c3)c(=O)n2C1c1cccs1. The van der Waals surface area contributed by atoms with Crippen molar-refractivity contribution >= 4 is 40.4 Å². The number of thiazole rings is 1. The first kappa shape index (κ1) is 23.0. The molecule has 5 rings (SSSR count). The van der Waals surface area contributed by atoms with Crippen LogP contribution in [0, 0.1) is 6.92 Å². The molecule has 0 saturated heterocycles. The quantitative estimate of drug-likeness (QED) is 0.418. The number of thiophene rings is 1. The molecule has 2 aromatic heterocycles. The van der Waals surface area contributed by atoms with Gasteiger partial charge in [0.1, 0.15) is 11.8 Å². The predicted molar refractivity (Wildman–Crippen MR) is 138 cm³/mol. The van der Waals surface area contributed by atoms with Crippen LogP contribution in [-0.2, 0) is 9.53 Å². The Bertz CT molecular complexity index is 1610. The number of esters is 1. The molecule has 8 heteroatoms. The van der Waals surface area contributed by atoms with Crippen LogP contribution < -0.4 is 14.9 Å². The van der Waals surface area contributed by atoms with Crippen LogP contribution in [0.15, 0.2) is 81.4 Å². The van der Waals surface area contributed by atoms with Crippen LogP contribution in [0.2, 0.25) is 0 Å². The lowest BCUT2D eigenvalue weighted by Crippen LogP contribution is -2.39. The summed E-state index contributed by atoms with van der Waals surface area (Å²) in [4.78, 5) is 33.2. The molecule has 2 aromatic carbocycles. The van der Waals surface area contributed by atoms with E-state index < -0.39 is 12.0 Å². The van der Waals surface area contributed by atoms with E-state index in [0.717, 1.165) is 21.6 Å². The molecule has 176 valence electrons. The lowest BCUT2D eigenvalue weighted by molar-refractivity contribution is -0.138. The van der Waals surface area contributed by atoms with E-state index in [1.54, 1.807) is 29.7 Å². The number of benzene rings is 2. The highest BCUT2D eigenvalue weighted by molar-refractivity contribution is 7.10. The molecule has 0 saturated carbocycles. The van der Waals surface area contributed by atoms with Gasteiger partial charge in [0.15, 0.2) is 4.80 Å². The van der Waals surface area contributed by atoms with Gasteiger partial charge in [-0.1, -0.05) is 53.8 Å². The molecule has 1 aliphatic heterocycles. The topological polar surface area (TPSA) is 80.9 Å². The van der Waals surface area contributed by atoms with Crippen molar-refractivity contribution < 1.29 is 14.6 Å². The zero-order valence-electron chi connectivity index (χ0n) is 19.1. The van der Waals surface area contributed by atoms with Crippen molar-refractivity contribution in [3.8, 4) is 5.75 Å². The molecule has 35 heavy (non-hydrogen) atoms. The number of ether oxygens (including phenoxy) is 1. The zero-order valence-corrected chi connectivity index (χ0v) is 20.7. The first-order valence-corrected chi connectivity index (χ1v) is 12.8. The van der Waals surface area contributed by atoms with Crippen molar-refractivity contribution in [3.05, 3.63) is 113 Å². The van der Waals surface area contributed by atoms with Crippen molar-refractivity contribution in [1.29, 1.82) is 0 Å². The third kappa shape index (κ3) is 4.26. The van der Waals surface area contributed by atoms with Crippen molar-refractivity contribution in [1.82, 2.24) is 4.57 Å². The Labute approximate surface area is 209 Å². The number of rotatable bonds is 5. The van der Waals surface area contributed by atoms with Crippen molar-refractivity contribution in [2.75, 3.05) is 6.61 Å². The molecule has 0 fully saturated rings. The van der Waals surface area contributed by atoms with E-state index in [-0.39, 0.29) is 17.9 Å². The maximum absolute atomic E-state index is 13.7. The number of carbonyl (C=O) groups is 1. The molecule has 0 radical (unpaired) electrons. The Hall–Kier alpha value is -3.75. The summed E-state index contributed by atoms with van der Waals surface area (Å²) in [5.41, 5.74) is 2.93. The van der Waals surface area contributed by atoms with Gasteiger partial charge in [-0.15, -0.1) is 11.3 Å². The number of fused-ring (bicyclic) bond motifs is 1. The number of phenols is 1. The molecule has 0 amide bonds. The van der Waals surface area contributed by atoms with E-state index >= 15 is 0 Å². The van der Waals surface area contributed by atoms with Gasteiger partial charge >= 0.3 is 5.97 Å². The minimum atomic E-state index is -0.649. The summed E-state index contributed by atoms with van der Waals surface area (Å²) in [6.07, 6.45) is 1.79.